The van der Waals surface area contributed by atoms with Crippen LogP contribution in [0.2, 0.25) is 0 Å². The zero-order valence-electron chi connectivity index (χ0n) is 10.9. The molecule has 4 nitrogen and oxygen atoms in total. The number of benzene rings is 1. The predicted molar refractivity (Wildman–Crippen MR) is 76.1 cm³/mol. The largest absolute Gasteiger partial charge is 0.481 e. The number of likely N-dealkylation sites (tertiary alicyclic amines) is 1. The lowest BCUT2D eigenvalue weighted by molar-refractivity contribution is -0.139. The quantitative estimate of drug-likeness (QED) is 0.922. The normalized spacial score (nSPS) is 20.4. The fourth-order valence-electron chi connectivity index (χ4n) is 2.32. The zero-order chi connectivity index (χ0) is 13.8. The molecule has 0 aromatic heterocycles. The third kappa shape index (κ3) is 3.48. The lowest BCUT2D eigenvalue weighted by Crippen LogP contribution is -2.44. The molecule has 1 N–H and O–H groups in total. The number of hydrogen-bond donors (Lipinski definition) is 1. The van der Waals surface area contributed by atoms with Gasteiger partial charge in [0.1, 0.15) is 5.75 Å². The summed E-state index contributed by atoms with van der Waals surface area (Å²) in [5.74, 6) is 0.614. The second kappa shape index (κ2) is 6.39. The van der Waals surface area contributed by atoms with E-state index < -0.39 is 6.10 Å². The maximum Gasteiger partial charge on any atom is 0.263 e. The molecule has 1 aromatic carbocycles. The van der Waals surface area contributed by atoms with Crippen LogP contribution in [0.1, 0.15) is 19.8 Å². The van der Waals surface area contributed by atoms with E-state index in [1.54, 1.807) is 11.8 Å². The number of carbonyl (C=O) groups is 1. The molecule has 5 heteroatoms. The first-order chi connectivity index (χ1) is 9.11. The smallest absolute Gasteiger partial charge is 0.263 e. The molecule has 1 aliphatic heterocycles. The van der Waals surface area contributed by atoms with E-state index in [1.807, 2.05) is 24.3 Å². The van der Waals surface area contributed by atoms with Crippen molar-refractivity contribution in [1.82, 2.24) is 4.90 Å². The molecule has 1 unspecified atom stereocenters. The van der Waals surface area contributed by atoms with Gasteiger partial charge in [-0.1, -0.05) is 15.9 Å². The molecule has 1 aliphatic rings. The minimum absolute atomic E-state index is 0.0245. The van der Waals surface area contributed by atoms with Crippen molar-refractivity contribution in [3.8, 4) is 5.75 Å². The van der Waals surface area contributed by atoms with Crippen LogP contribution >= 0.6 is 15.9 Å². The Balaban J connectivity index is 1.97. The summed E-state index contributed by atoms with van der Waals surface area (Å²) < 4.78 is 6.61. The fourth-order valence-corrected chi connectivity index (χ4v) is 2.58. The van der Waals surface area contributed by atoms with Gasteiger partial charge in [0.2, 0.25) is 0 Å². The van der Waals surface area contributed by atoms with Crippen LogP contribution in [0.3, 0.4) is 0 Å². The van der Waals surface area contributed by atoms with Crippen molar-refractivity contribution in [3.63, 3.8) is 0 Å². The van der Waals surface area contributed by atoms with Crippen molar-refractivity contribution in [3.05, 3.63) is 28.7 Å². The zero-order valence-corrected chi connectivity index (χ0v) is 12.5. The predicted octanol–water partition coefficient (Wildman–Crippen LogP) is 2.20. The van der Waals surface area contributed by atoms with E-state index in [0.717, 1.165) is 17.3 Å². The van der Waals surface area contributed by atoms with Gasteiger partial charge in [0.05, 0.1) is 12.6 Å². The number of carbonyl (C=O) groups excluding carboxylic acids is 1. The van der Waals surface area contributed by atoms with E-state index >= 15 is 0 Å². The Morgan fingerprint density at radius 3 is 2.84 bits per heavy atom. The topological polar surface area (TPSA) is 49.8 Å². The van der Waals surface area contributed by atoms with Crippen LogP contribution in [0.25, 0.3) is 0 Å². The Morgan fingerprint density at radius 2 is 2.21 bits per heavy atom. The number of rotatable bonds is 4. The summed E-state index contributed by atoms with van der Waals surface area (Å²) in [6.45, 7) is 2.48. The van der Waals surface area contributed by atoms with E-state index in [-0.39, 0.29) is 18.6 Å². The third-order valence-corrected chi connectivity index (χ3v) is 3.87. The molecule has 2 atom stereocenters. The molecular weight excluding hydrogens is 310 g/mol. The van der Waals surface area contributed by atoms with Gasteiger partial charge in [0.15, 0.2) is 6.10 Å². The van der Waals surface area contributed by atoms with Crippen molar-refractivity contribution < 1.29 is 14.6 Å². The maximum atomic E-state index is 12.3. The summed E-state index contributed by atoms with van der Waals surface area (Å²) in [7, 11) is 0. The second-order valence-corrected chi connectivity index (χ2v) is 5.64. The first-order valence-electron chi connectivity index (χ1n) is 6.45. The lowest BCUT2D eigenvalue weighted by atomic mass is 10.2. The van der Waals surface area contributed by atoms with Crippen molar-refractivity contribution in [2.75, 3.05) is 13.2 Å². The molecule has 0 spiro atoms. The van der Waals surface area contributed by atoms with Crippen molar-refractivity contribution >= 4 is 21.8 Å². The SMILES string of the molecule is CC(Oc1ccc(Br)cc1)C(=O)N1CCC[C@H]1CO. The standard InChI is InChI=1S/C14H18BrNO3/c1-10(19-13-6-4-11(15)5-7-13)14(18)16-8-2-3-12(16)9-17/h4-7,10,12,17H,2-3,8-9H2,1H3/t10?,12-/m0/s1. The van der Waals surface area contributed by atoms with Gasteiger partial charge in [-0.05, 0) is 44.0 Å². The average Bonchev–Trinajstić information content (AvgIpc) is 2.88. The molecule has 2 rings (SSSR count). The minimum Gasteiger partial charge on any atom is -0.481 e. The first kappa shape index (κ1) is 14.3. The third-order valence-electron chi connectivity index (χ3n) is 3.35. The first-order valence-corrected chi connectivity index (χ1v) is 7.24. The maximum absolute atomic E-state index is 12.3. The Bertz CT molecular complexity index is 435. The van der Waals surface area contributed by atoms with Gasteiger partial charge in [0, 0.05) is 11.0 Å². The molecule has 1 heterocycles. The van der Waals surface area contributed by atoms with Crippen LogP contribution in [-0.2, 0) is 4.79 Å². The molecule has 1 amide bonds. The highest BCUT2D eigenvalue weighted by atomic mass is 79.9. The highest BCUT2D eigenvalue weighted by Gasteiger charge is 2.31. The molecule has 0 saturated carbocycles. The van der Waals surface area contributed by atoms with Crippen molar-refractivity contribution in [2.24, 2.45) is 0 Å². The number of amides is 1. The number of nitrogens with zero attached hydrogens (tertiary/aromatic N) is 1. The van der Waals surface area contributed by atoms with E-state index in [4.69, 9.17) is 4.74 Å². The van der Waals surface area contributed by atoms with Crippen LogP contribution in [0.15, 0.2) is 28.7 Å². The van der Waals surface area contributed by atoms with E-state index in [2.05, 4.69) is 15.9 Å². The molecule has 1 aromatic rings. The van der Waals surface area contributed by atoms with Gasteiger partial charge >= 0.3 is 0 Å². The molecular formula is C14H18BrNO3. The average molecular weight is 328 g/mol. The number of aliphatic hydroxyl groups is 1. The number of aliphatic hydroxyl groups excluding tert-OH is 1. The minimum atomic E-state index is -0.534. The Labute approximate surface area is 121 Å². The summed E-state index contributed by atoms with van der Waals surface area (Å²) in [5, 5.41) is 9.25. The van der Waals surface area contributed by atoms with Crippen LogP contribution in [-0.4, -0.2) is 41.2 Å². The van der Waals surface area contributed by atoms with E-state index in [9.17, 15) is 9.90 Å². The second-order valence-electron chi connectivity index (χ2n) is 4.72. The van der Waals surface area contributed by atoms with Gasteiger partial charge in [0.25, 0.3) is 5.91 Å². The Morgan fingerprint density at radius 1 is 1.53 bits per heavy atom. The molecule has 1 saturated heterocycles. The molecule has 1 fully saturated rings. The Kier molecular flexibility index (Phi) is 4.82. The van der Waals surface area contributed by atoms with Crippen LogP contribution < -0.4 is 4.74 Å². The Hall–Kier alpha value is -1.07. The van der Waals surface area contributed by atoms with Gasteiger partial charge < -0.3 is 14.7 Å². The highest BCUT2D eigenvalue weighted by Crippen LogP contribution is 2.21. The molecule has 0 radical (unpaired) electrons. The molecule has 0 bridgehead atoms. The van der Waals surface area contributed by atoms with E-state index in [0.29, 0.717) is 12.3 Å². The van der Waals surface area contributed by atoms with Crippen molar-refractivity contribution in [2.45, 2.75) is 31.9 Å². The highest BCUT2D eigenvalue weighted by molar-refractivity contribution is 9.10. The summed E-state index contributed by atoms with van der Waals surface area (Å²) >= 11 is 3.35. The van der Waals surface area contributed by atoms with Crippen LogP contribution in [0.4, 0.5) is 0 Å². The van der Waals surface area contributed by atoms with Crippen LogP contribution in [0.5, 0.6) is 5.75 Å². The number of hydrogen-bond acceptors (Lipinski definition) is 3. The molecule has 104 valence electrons. The van der Waals surface area contributed by atoms with Gasteiger partial charge in [-0.3, -0.25) is 4.79 Å². The fraction of sp³-hybridized carbons (Fsp3) is 0.500. The molecule has 0 aliphatic carbocycles. The van der Waals surface area contributed by atoms with Gasteiger partial charge in [-0.15, -0.1) is 0 Å². The summed E-state index contributed by atoms with van der Waals surface area (Å²) in [4.78, 5) is 14.0. The van der Waals surface area contributed by atoms with Gasteiger partial charge in [-0.25, -0.2) is 0 Å². The van der Waals surface area contributed by atoms with E-state index in [1.165, 1.54) is 0 Å². The number of halogens is 1. The lowest BCUT2D eigenvalue weighted by Gasteiger charge is -2.26. The molecule has 19 heavy (non-hydrogen) atoms. The summed E-state index contributed by atoms with van der Waals surface area (Å²) in [6, 6.07) is 7.34. The summed E-state index contributed by atoms with van der Waals surface area (Å²) in [5.41, 5.74) is 0. The van der Waals surface area contributed by atoms with Crippen LogP contribution in [0, 0.1) is 0 Å². The monoisotopic (exact) mass is 327 g/mol. The van der Waals surface area contributed by atoms with Gasteiger partial charge in [-0.2, -0.15) is 0 Å². The summed E-state index contributed by atoms with van der Waals surface area (Å²) in [6.07, 6.45) is 1.28. The number of ether oxygens (including phenoxy) is 1. The van der Waals surface area contributed by atoms with Crippen molar-refractivity contribution in [1.29, 1.82) is 0 Å².